The van der Waals surface area contributed by atoms with Crippen molar-refractivity contribution < 1.29 is 14.3 Å². The van der Waals surface area contributed by atoms with Gasteiger partial charge in [-0.2, -0.15) is 0 Å². The number of hydrogen-bond donors (Lipinski definition) is 1. The van der Waals surface area contributed by atoms with E-state index in [0.717, 1.165) is 5.56 Å². The molecular weight excluding hydrogens is 206 g/mol. The van der Waals surface area contributed by atoms with E-state index < -0.39 is 6.04 Å². The molecule has 86 valence electrons. The molecule has 0 saturated heterocycles. The number of benzene rings is 1. The predicted octanol–water partition coefficient (Wildman–Crippen LogP) is 1.04. The predicted molar refractivity (Wildman–Crippen MR) is 59.5 cm³/mol. The molecule has 0 aliphatic carbocycles. The molecular formula is C12H15NO3. The molecule has 2 N–H and O–H groups in total. The number of rotatable bonds is 6. The molecule has 0 aliphatic rings. The summed E-state index contributed by atoms with van der Waals surface area (Å²) >= 11 is 0. The van der Waals surface area contributed by atoms with Crippen molar-refractivity contribution >= 4 is 12.3 Å². The average molecular weight is 221 g/mol. The fraction of sp³-hybridized carbons (Fsp3) is 0.333. The normalized spacial score (nSPS) is 11.8. The highest BCUT2D eigenvalue weighted by atomic mass is 16.5. The highest BCUT2D eigenvalue weighted by molar-refractivity contribution is 5.70. The molecule has 4 heteroatoms. The Labute approximate surface area is 94.4 Å². The number of ether oxygens (including phenoxy) is 1. The van der Waals surface area contributed by atoms with Gasteiger partial charge in [0.2, 0.25) is 0 Å². The second kappa shape index (κ2) is 6.74. The van der Waals surface area contributed by atoms with E-state index in [2.05, 4.69) is 0 Å². The Morgan fingerprint density at radius 1 is 1.38 bits per heavy atom. The SMILES string of the molecule is NC(C=O)CCC(=O)OCc1ccccc1. The van der Waals surface area contributed by atoms with Crippen LogP contribution in [0.5, 0.6) is 0 Å². The van der Waals surface area contributed by atoms with Crippen LogP contribution in [0.3, 0.4) is 0 Å². The van der Waals surface area contributed by atoms with Gasteiger partial charge in [0, 0.05) is 6.42 Å². The first kappa shape index (κ1) is 12.4. The van der Waals surface area contributed by atoms with Crippen molar-refractivity contribution in [3.63, 3.8) is 0 Å². The number of carbonyl (C=O) groups is 2. The van der Waals surface area contributed by atoms with Gasteiger partial charge in [0.25, 0.3) is 0 Å². The molecule has 1 unspecified atom stereocenters. The minimum absolute atomic E-state index is 0.173. The molecule has 0 radical (unpaired) electrons. The van der Waals surface area contributed by atoms with Gasteiger partial charge in [-0.15, -0.1) is 0 Å². The Morgan fingerprint density at radius 3 is 2.69 bits per heavy atom. The van der Waals surface area contributed by atoms with Crippen molar-refractivity contribution in [2.24, 2.45) is 5.73 Å². The van der Waals surface area contributed by atoms with E-state index in [1.807, 2.05) is 30.3 Å². The van der Waals surface area contributed by atoms with E-state index in [1.165, 1.54) is 0 Å². The molecule has 1 atom stereocenters. The van der Waals surface area contributed by atoms with E-state index in [4.69, 9.17) is 10.5 Å². The third-order valence-electron chi connectivity index (χ3n) is 2.10. The number of esters is 1. The monoisotopic (exact) mass is 221 g/mol. The smallest absolute Gasteiger partial charge is 0.306 e. The zero-order chi connectivity index (χ0) is 11.8. The maximum absolute atomic E-state index is 11.2. The van der Waals surface area contributed by atoms with Crippen LogP contribution in [0.15, 0.2) is 30.3 Å². The zero-order valence-corrected chi connectivity index (χ0v) is 8.96. The summed E-state index contributed by atoms with van der Waals surface area (Å²) in [5.41, 5.74) is 6.29. The van der Waals surface area contributed by atoms with Gasteiger partial charge in [-0.3, -0.25) is 4.79 Å². The summed E-state index contributed by atoms with van der Waals surface area (Å²) < 4.78 is 5.01. The molecule has 16 heavy (non-hydrogen) atoms. The average Bonchev–Trinajstić information content (AvgIpc) is 2.34. The van der Waals surface area contributed by atoms with Crippen LogP contribution in [0.2, 0.25) is 0 Å². The van der Waals surface area contributed by atoms with Crippen LogP contribution in [-0.4, -0.2) is 18.3 Å². The molecule has 0 fully saturated rings. The van der Waals surface area contributed by atoms with Gasteiger partial charge >= 0.3 is 5.97 Å². The van der Waals surface area contributed by atoms with Gasteiger partial charge in [-0.25, -0.2) is 0 Å². The van der Waals surface area contributed by atoms with E-state index in [0.29, 0.717) is 12.7 Å². The summed E-state index contributed by atoms with van der Waals surface area (Å²) in [6, 6.07) is 8.84. The van der Waals surface area contributed by atoms with E-state index in [9.17, 15) is 9.59 Å². The standard InChI is InChI=1S/C12H15NO3/c13-11(8-14)6-7-12(15)16-9-10-4-2-1-3-5-10/h1-5,8,11H,6-7,9,13H2. The number of hydrogen-bond acceptors (Lipinski definition) is 4. The summed E-state index contributed by atoms with van der Waals surface area (Å²) in [6.45, 7) is 0.260. The quantitative estimate of drug-likeness (QED) is 0.575. The minimum atomic E-state index is -0.579. The maximum Gasteiger partial charge on any atom is 0.306 e. The molecule has 0 heterocycles. The molecule has 4 nitrogen and oxygen atoms in total. The fourth-order valence-corrected chi connectivity index (χ4v) is 1.16. The van der Waals surface area contributed by atoms with Crippen LogP contribution in [0.1, 0.15) is 18.4 Å². The fourth-order valence-electron chi connectivity index (χ4n) is 1.16. The molecule has 1 rings (SSSR count). The second-order valence-electron chi connectivity index (χ2n) is 3.48. The van der Waals surface area contributed by atoms with Gasteiger partial charge in [-0.1, -0.05) is 30.3 Å². The van der Waals surface area contributed by atoms with Gasteiger partial charge in [-0.05, 0) is 12.0 Å². The molecule has 1 aromatic rings. The number of aldehydes is 1. The van der Waals surface area contributed by atoms with Gasteiger partial charge < -0.3 is 15.3 Å². The molecule has 0 aliphatic heterocycles. The highest BCUT2D eigenvalue weighted by Crippen LogP contribution is 2.03. The van der Waals surface area contributed by atoms with Crippen molar-refractivity contribution in [3.05, 3.63) is 35.9 Å². The summed E-state index contributed by atoms with van der Waals surface area (Å²) in [5.74, 6) is -0.332. The van der Waals surface area contributed by atoms with Crippen molar-refractivity contribution in [3.8, 4) is 0 Å². The molecule has 0 aromatic heterocycles. The summed E-state index contributed by atoms with van der Waals surface area (Å²) in [5, 5.41) is 0. The van der Waals surface area contributed by atoms with Crippen LogP contribution in [0, 0.1) is 0 Å². The lowest BCUT2D eigenvalue weighted by Crippen LogP contribution is -2.22. The first-order valence-corrected chi connectivity index (χ1v) is 5.13. The number of nitrogens with two attached hydrogens (primary N) is 1. The summed E-state index contributed by atoms with van der Waals surface area (Å²) in [4.78, 5) is 21.5. The summed E-state index contributed by atoms with van der Waals surface area (Å²) in [7, 11) is 0. The first-order valence-electron chi connectivity index (χ1n) is 5.13. The lowest BCUT2D eigenvalue weighted by Gasteiger charge is -2.05. The lowest BCUT2D eigenvalue weighted by atomic mass is 10.2. The Hall–Kier alpha value is -1.68. The van der Waals surface area contributed by atoms with Crippen molar-refractivity contribution in [2.75, 3.05) is 0 Å². The third-order valence-corrected chi connectivity index (χ3v) is 2.10. The van der Waals surface area contributed by atoms with E-state index in [1.54, 1.807) is 0 Å². The van der Waals surface area contributed by atoms with E-state index in [-0.39, 0.29) is 19.0 Å². The van der Waals surface area contributed by atoms with Gasteiger partial charge in [0.1, 0.15) is 12.9 Å². The van der Waals surface area contributed by atoms with Gasteiger partial charge in [0.15, 0.2) is 0 Å². The Kier molecular flexibility index (Phi) is 5.22. The van der Waals surface area contributed by atoms with Crippen molar-refractivity contribution in [1.29, 1.82) is 0 Å². The van der Waals surface area contributed by atoms with Crippen LogP contribution in [-0.2, 0) is 20.9 Å². The number of carbonyl (C=O) groups excluding carboxylic acids is 2. The Bertz CT molecular complexity index is 337. The van der Waals surface area contributed by atoms with Crippen molar-refractivity contribution in [1.82, 2.24) is 0 Å². The lowest BCUT2D eigenvalue weighted by molar-refractivity contribution is -0.145. The molecule has 0 bridgehead atoms. The topological polar surface area (TPSA) is 69.4 Å². The third kappa shape index (κ3) is 4.70. The minimum Gasteiger partial charge on any atom is -0.461 e. The van der Waals surface area contributed by atoms with Crippen LogP contribution < -0.4 is 5.73 Å². The molecule has 0 saturated carbocycles. The first-order chi connectivity index (χ1) is 7.72. The van der Waals surface area contributed by atoms with Crippen molar-refractivity contribution in [2.45, 2.75) is 25.5 Å². The van der Waals surface area contributed by atoms with Crippen LogP contribution in [0.4, 0.5) is 0 Å². The molecule has 0 spiro atoms. The van der Waals surface area contributed by atoms with E-state index >= 15 is 0 Å². The maximum atomic E-state index is 11.2. The molecule has 0 amide bonds. The largest absolute Gasteiger partial charge is 0.461 e. The Balaban J connectivity index is 2.23. The Morgan fingerprint density at radius 2 is 2.06 bits per heavy atom. The summed E-state index contributed by atoms with van der Waals surface area (Å²) in [6.07, 6.45) is 1.13. The van der Waals surface area contributed by atoms with Crippen LogP contribution in [0.25, 0.3) is 0 Å². The zero-order valence-electron chi connectivity index (χ0n) is 8.96. The second-order valence-corrected chi connectivity index (χ2v) is 3.48. The van der Waals surface area contributed by atoms with Gasteiger partial charge in [0.05, 0.1) is 6.04 Å². The molecule has 1 aromatic carbocycles. The van der Waals surface area contributed by atoms with Crippen LogP contribution >= 0.6 is 0 Å². The highest BCUT2D eigenvalue weighted by Gasteiger charge is 2.07.